The van der Waals surface area contributed by atoms with E-state index in [0.717, 1.165) is 12.8 Å². The summed E-state index contributed by atoms with van der Waals surface area (Å²) in [6.45, 7) is 5.33. The monoisotopic (exact) mass is 247 g/mol. The van der Waals surface area contributed by atoms with Crippen molar-refractivity contribution in [2.75, 3.05) is 6.54 Å². The molecule has 0 saturated carbocycles. The maximum Gasteiger partial charge on any atom is 0.0527 e. The quantitative estimate of drug-likeness (QED) is 0.862. The minimum atomic E-state index is -0.191. The van der Waals surface area contributed by atoms with Crippen molar-refractivity contribution in [1.29, 1.82) is 0 Å². The Bertz CT molecular complexity index is 349. The number of aliphatic hydroxyl groups excluding tert-OH is 1. The van der Waals surface area contributed by atoms with Gasteiger partial charge in [-0.2, -0.15) is 0 Å². The van der Waals surface area contributed by atoms with Gasteiger partial charge in [0.2, 0.25) is 0 Å². The molecule has 0 amide bonds. The van der Waals surface area contributed by atoms with E-state index in [2.05, 4.69) is 42.2 Å². The molecule has 3 unspecified atom stereocenters. The van der Waals surface area contributed by atoms with Crippen molar-refractivity contribution in [2.24, 2.45) is 0 Å². The summed E-state index contributed by atoms with van der Waals surface area (Å²) in [5.74, 6) is 0. The third-order valence-corrected chi connectivity index (χ3v) is 4.01. The summed E-state index contributed by atoms with van der Waals surface area (Å²) in [5, 5.41) is 9.63. The second-order valence-corrected chi connectivity index (χ2v) is 5.45. The molecule has 3 atom stereocenters. The molecule has 18 heavy (non-hydrogen) atoms. The smallest absolute Gasteiger partial charge is 0.0527 e. The Morgan fingerprint density at radius 1 is 1.33 bits per heavy atom. The molecular formula is C16H25NO. The highest BCUT2D eigenvalue weighted by Crippen LogP contribution is 2.33. The van der Waals surface area contributed by atoms with Crippen LogP contribution in [0.2, 0.25) is 0 Å². The topological polar surface area (TPSA) is 23.5 Å². The lowest BCUT2D eigenvalue weighted by molar-refractivity contribution is 0.107. The van der Waals surface area contributed by atoms with Gasteiger partial charge in [0.15, 0.2) is 0 Å². The zero-order valence-corrected chi connectivity index (χ0v) is 11.5. The molecule has 1 aromatic rings. The van der Waals surface area contributed by atoms with Crippen molar-refractivity contribution in [3.8, 4) is 0 Å². The lowest BCUT2D eigenvalue weighted by Crippen LogP contribution is -2.35. The predicted molar refractivity (Wildman–Crippen MR) is 75.5 cm³/mol. The van der Waals surface area contributed by atoms with Crippen molar-refractivity contribution in [3.05, 3.63) is 35.9 Å². The molecule has 1 N–H and O–H groups in total. The molecule has 0 bridgehead atoms. The molecule has 1 aromatic carbocycles. The molecule has 2 rings (SSSR count). The highest BCUT2D eigenvalue weighted by molar-refractivity contribution is 5.19. The fourth-order valence-electron chi connectivity index (χ4n) is 3.25. The normalized spacial score (nSPS) is 24.1. The number of hydrogen-bond donors (Lipinski definition) is 1. The molecule has 100 valence electrons. The average Bonchev–Trinajstić information content (AvgIpc) is 2.79. The van der Waals surface area contributed by atoms with Crippen LogP contribution >= 0.6 is 0 Å². The molecular weight excluding hydrogens is 222 g/mol. The van der Waals surface area contributed by atoms with Gasteiger partial charge in [-0.05, 0) is 44.7 Å². The maximum absolute atomic E-state index is 9.63. The summed E-state index contributed by atoms with van der Waals surface area (Å²) in [6.07, 6.45) is 4.35. The van der Waals surface area contributed by atoms with Crippen molar-refractivity contribution in [2.45, 2.75) is 57.7 Å². The van der Waals surface area contributed by atoms with Crippen LogP contribution in [0.4, 0.5) is 0 Å². The van der Waals surface area contributed by atoms with Gasteiger partial charge in [0.1, 0.15) is 0 Å². The Kier molecular flexibility index (Phi) is 4.79. The molecule has 0 aromatic heterocycles. The molecule has 0 radical (unpaired) electrons. The molecule has 1 aliphatic rings. The average molecular weight is 247 g/mol. The van der Waals surface area contributed by atoms with Gasteiger partial charge in [-0.1, -0.05) is 37.3 Å². The largest absolute Gasteiger partial charge is 0.393 e. The number of hydrogen-bond acceptors (Lipinski definition) is 2. The van der Waals surface area contributed by atoms with Crippen LogP contribution in [0.25, 0.3) is 0 Å². The van der Waals surface area contributed by atoms with Crippen molar-refractivity contribution in [3.63, 3.8) is 0 Å². The van der Waals surface area contributed by atoms with Crippen LogP contribution in [-0.2, 0) is 0 Å². The van der Waals surface area contributed by atoms with Gasteiger partial charge in [0, 0.05) is 12.1 Å². The molecule has 2 heteroatoms. The zero-order chi connectivity index (χ0) is 13.0. The zero-order valence-electron chi connectivity index (χ0n) is 11.5. The number of aliphatic hydroxyl groups is 1. The van der Waals surface area contributed by atoms with E-state index < -0.39 is 0 Å². The summed E-state index contributed by atoms with van der Waals surface area (Å²) in [6, 6.07) is 11.8. The standard InChI is InChI=1S/C16H25NO/c1-3-16(14-8-5-4-6-9-14)17-11-7-10-15(17)12-13(2)18/h4-6,8-9,13,15-16,18H,3,7,10-12H2,1-2H3. The van der Waals surface area contributed by atoms with Crippen molar-refractivity contribution >= 4 is 0 Å². The first-order chi connectivity index (χ1) is 8.72. The van der Waals surface area contributed by atoms with Crippen LogP contribution in [0.3, 0.4) is 0 Å². The SMILES string of the molecule is CCC(c1ccccc1)N1CCCC1CC(C)O. The lowest BCUT2D eigenvalue weighted by atomic mass is 10.00. The number of likely N-dealkylation sites (tertiary alicyclic amines) is 1. The van der Waals surface area contributed by atoms with Gasteiger partial charge < -0.3 is 5.11 Å². The number of benzene rings is 1. The Labute approximate surface area is 111 Å². The summed E-state index contributed by atoms with van der Waals surface area (Å²) >= 11 is 0. The molecule has 2 nitrogen and oxygen atoms in total. The Hall–Kier alpha value is -0.860. The fourth-order valence-corrected chi connectivity index (χ4v) is 3.25. The van der Waals surface area contributed by atoms with Crippen LogP contribution in [-0.4, -0.2) is 28.7 Å². The van der Waals surface area contributed by atoms with E-state index >= 15 is 0 Å². The van der Waals surface area contributed by atoms with E-state index in [1.54, 1.807) is 0 Å². The minimum Gasteiger partial charge on any atom is -0.393 e. The minimum absolute atomic E-state index is 0.191. The first-order valence-corrected chi connectivity index (χ1v) is 7.21. The summed E-state index contributed by atoms with van der Waals surface area (Å²) < 4.78 is 0. The number of rotatable bonds is 5. The first kappa shape index (κ1) is 13.6. The molecule has 1 fully saturated rings. The van der Waals surface area contributed by atoms with Gasteiger partial charge in [-0.3, -0.25) is 4.90 Å². The fraction of sp³-hybridized carbons (Fsp3) is 0.625. The first-order valence-electron chi connectivity index (χ1n) is 7.21. The van der Waals surface area contributed by atoms with Crippen LogP contribution < -0.4 is 0 Å². The molecule has 0 spiro atoms. The van der Waals surface area contributed by atoms with Crippen LogP contribution in [0, 0.1) is 0 Å². The highest BCUT2D eigenvalue weighted by atomic mass is 16.3. The van der Waals surface area contributed by atoms with E-state index in [1.165, 1.54) is 24.9 Å². The van der Waals surface area contributed by atoms with Gasteiger partial charge in [0.25, 0.3) is 0 Å². The highest BCUT2D eigenvalue weighted by Gasteiger charge is 2.31. The molecule has 1 saturated heterocycles. The Morgan fingerprint density at radius 3 is 2.67 bits per heavy atom. The molecule has 1 aliphatic heterocycles. The van der Waals surface area contributed by atoms with Crippen LogP contribution in [0.5, 0.6) is 0 Å². The Balaban J connectivity index is 2.12. The van der Waals surface area contributed by atoms with Gasteiger partial charge >= 0.3 is 0 Å². The van der Waals surface area contributed by atoms with Crippen LogP contribution in [0.15, 0.2) is 30.3 Å². The summed E-state index contributed by atoms with van der Waals surface area (Å²) in [7, 11) is 0. The second kappa shape index (κ2) is 6.35. The van der Waals surface area contributed by atoms with Crippen molar-refractivity contribution < 1.29 is 5.11 Å². The van der Waals surface area contributed by atoms with E-state index in [9.17, 15) is 5.11 Å². The second-order valence-electron chi connectivity index (χ2n) is 5.45. The van der Waals surface area contributed by atoms with Crippen LogP contribution in [0.1, 0.15) is 51.1 Å². The summed E-state index contributed by atoms with van der Waals surface area (Å²) in [4.78, 5) is 2.60. The molecule has 0 aliphatic carbocycles. The third-order valence-electron chi connectivity index (χ3n) is 4.01. The Morgan fingerprint density at radius 2 is 2.06 bits per heavy atom. The van der Waals surface area contributed by atoms with Gasteiger partial charge in [-0.25, -0.2) is 0 Å². The van der Waals surface area contributed by atoms with E-state index in [-0.39, 0.29) is 6.10 Å². The maximum atomic E-state index is 9.63. The third kappa shape index (κ3) is 3.12. The van der Waals surface area contributed by atoms with Gasteiger partial charge in [0.05, 0.1) is 6.10 Å². The van der Waals surface area contributed by atoms with E-state index in [4.69, 9.17) is 0 Å². The lowest BCUT2D eigenvalue weighted by Gasteiger charge is -2.33. The van der Waals surface area contributed by atoms with E-state index in [0.29, 0.717) is 12.1 Å². The molecule has 1 heterocycles. The number of nitrogens with zero attached hydrogens (tertiary/aromatic N) is 1. The van der Waals surface area contributed by atoms with E-state index in [1.807, 2.05) is 6.92 Å². The predicted octanol–water partition coefficient (Wildman–Crippen LogP) is 3.37. The van der Waals surface area contributed by atoms with Gasteiger partial charge in [-0.15, -0.1) is 0 Å². The van der Waals surface area contributed by atoms with Crippen molar-refractivity contribution in [1.82, 2.24) is 4.90 Å². The summed E-state index contributed by atoms with van der Waals surface area (Å²) in [5.41, 5.74) is 1.41.